The van der Waals surface area contributed by atoms with E-state index < -0.39 is 10.1 Å². The Morgan fingerprint density at radius 3 is 1.94 bits per heavy atom. The zero-order valence-electron chi connectivity index (χ0n) is 48.9. The van der Waals surface area contributed by atoms with E-state index in [0.29, 0.717) is 11.3 Å². The number of unbranched alkanes of at least 4 members (excludes halogenated alkanes) is 2. The molecule has 2 bridgehead atoms. The molecule has 3 saturated heterocycles. The first-order valence-corrected chi connectivity index (χ1v) is 35.3. The molecule has 87 heavy (non-hydrogen) atoms. The van der Waals surface area contributed by atoms with Crippen molar-refractivity contribution in [1.29, 1.82) is 0 Å². The minimum Gasteiger partial charge on any atom is -0.497 e. The third-order valence-corrected chi connectivity index (χ3v) is 24.2. The van der Waals surface area contributed by atoms with Gasteiger partial charge in [0.1, 0.15) is 15.0 Å². The van der Waals surface area contributed by atoms with Crippen LogP contribution in [-0.2, 0) is 141 Å². The van der Waals surface area contributed by atoms with Gasteiger partial charge in [-0.25, -0.2) is 4.58 Å². The number of rotatable bonds is 16. The molecule has 0 unspecified atom stereocenters. The van der Waals surface area contributed by atoms with Crippen LogP contribution < -0.4 is 4.74 Å². The number of allylic oxidation sites excluding steroid dienone is 6. The van der Waals surface area contributed by atoms with Crippen LogP contribution in [0.4, 0.5) is 0 Å². The smallest absolute Gasteiger partial charge is 0.295 e. The number of aryl methyl sites for hydroxylation is 1. The summed E-state index contributed by atoms with van der Waals surface area (Å²) < 4.78 is 49.1. The monoisotopic (exact) mass is 2310 g/mol. The summed E-state index contributed by atoms with van der Waals surface area (Å²) in [6, 6.07) is 41.3. The molecule has 0 radical (unpaired) electrons. The number of methoxy groups -OCH3 is 1. The van der Waals surface area contributed by atoms with Gasteiger partial charge in [0.15, 0.2) is 13.1 Å². The topological polar surface area (TPSA) is 76.3 Å². The van der Waals surface area contributed by atoms with E-state index in [4.69, 9.17) is 17.0 Å². The molecule has 0 aromatic heterocycles. The summed E-state index contributed by atoms with van der Waals surface area (Å²) in [7, 11) is -3.24. The average Bonchev–Trinajstić information content (AvgIpc) is 0.918. The van der Waals surface area contributed by atoms with E-state index in [1.165, 1.54) is 72.4 Å². The molecule has 3 heterocycles. The van der Waals surface area contributed by atoms with Crippen LogP contribution in [-0.4, -0.2) is 138 Å². The normalized spacial score (nSPS) is 20.1. The number of benzene rings is 6. The Kier molecular flexibility index (Phi) is 29.7. The molecule has 1 N–H and O–H groups in total. The third kappa shape index (κ3) is 16.1. The Morgan fingerprint density at radius 1 is 0.724 bits per heavy atom. The van der Waals surface area contributed by atoms with Gasteiger partial charge in [0.2, 0.25) is 0 Å². The fourth-order valence-electron chi connectivity index (χ4n) is 12.8. The predicted octanol–water partition coefficient (Wildman–Crippen LogP) is 14.1. The molecule has 0 amide bonds. The minimum atomic E-state index is -4.76. The van der Waals surface area contributed by atoms with Crippen molar-refractivity contribution >= 4 is 129 Å². The quantitative estimate of drug-likeness (QED) is 0.0146. The van der Waals surface area contributed by atoms with E-state index in [2.05, 4.69) is 136 Å². The Hall–Kier alpha value is -0.130. The summed E-state index contributed by atoms with van der Waals surface area (Å²) >= 11 is 15.8. The number of fused-ring (bicyclic) bond motifs is 8. The predicted molar refractivity (Wildman–Crippen MR) is 350 cm³/mol. The molecule has 12 rings (SSSR count). The number of thioether (sulfide) groups is 5. The van der Waals surface area contributed by atoms with E-state index in [9.17, 15) is 13.0 Å². The molecule has 6 aliphatic rings. The van der Waals surface area contributed by atoms with Gasteiger partial charge in [-0.05, 0) is 150 Å². The summed E-state index contributed by atoms with van der Waals surface area (Å²) in [5.74, 6) is 2.70. The van der Waals surface area contributed by atoms with Crippen molar-refractivity contribution in [2.75, 3.05) is 96.6 Å². The van der Waals surface area contributed by atoms with Crippen molar-refractivity contribution in [3.05, 3.63) is 178 Å². The SMILES string of the molecule is COc1ccc(C2=C(C=C3c4cc[c-]cc4C4(SC(=[N+]5CCN(CCCCSC)CC5)S4)c4c[c-]ccc43)[C@@H]3C=C[C@@H](C3)C2=Cc2c3cc[c-]cc3c(SC(=S)N3CCN(CCCCSC)CC3)c3cc(C)ccc23)c(S(=O)(=O)O)c1.[W].[W].[W].[W].[W].[W]. The van der Waals surface area contributed by atoms with Gasteiger partial charge in [-0.15, -0.1) is 33.0 Å². The molecule has 3 aliphatic carbocycles. The van der Waals surface area contributed by atoms with Gasteiger partial charge in [0.25, 0.3) is 14.5 Å². The van der Waals surface area contributed by atoms with Crippen LogP contribution in [0.5, 0.6) is 5.75 Å². The van der Waals surface area contributed by atoms with Gasteiger partial charge in [-0.1, -0.05) is 77.6 Å². The van der Waals surface area contributed by atoms with Gasteiger partial charge in [0, 0.05) is 180 Å². The first-order valence-electron chi connectivity index (χ1n) is 28.3. The van der Waals surface area contributed by atoms with Crippen LogP contribution >= 0.6 is 71.0 Å². The van der Waals surface area contributed by atoms with Crippen LogP contribution in [0.3, 0.4) is 0 Å². The van der Waals surface area contributed by atoms with Crippen LogP contribution in [0.15, 0.2) is 130 Å². The second-order valence-corrected chi connectivity index (χ2v) is 29.8. The van der Waals surface area contributed by atoms with Crippen molar-refractivity contribution < 1.29 is 149 Å². The first kappa shape index (κ1) is 75.9. The molecule has 456 valence electrons. The summed E-state index contributed by atoms with van der Waals surface area (Å²) in [5.41, 5.74) is 11.1. The van der Waals surface area contributed by atoms with Crippen molar-refractivity contribution in [1.82, 2.24) is 14.7 Å². The summed E-state index contributed by atoms with van der Waals surface area (Å²) in [6.07, 6.45) is 19.5. The first-order chi connectivity index (χ1) is 39.5. The number of piperazine rings is 2. The maximum atomic E-state index is 13.8. The molecule has 8 nitrogen and oxygen atoms in total. The molecule has 2 atom stereocenters. The average molecular weight is 2310 g/mol. The van der Waals surface area contributed by atoms with E-state index in [-0.39, 0.29) is 147 Å². The van der Waals surface area contributed by atoms with Crippen LogP contribution in [0, 0.1) is 37.0 Å². The summed E-state index contributed by atoms with van der Waals surface area (Å²) in [5, 5.41) is 4.33. The number of nitrogens with zero attached hydrogens (tertiary/aromatic N) is 4. The largest absolute Gasteiger partial charge is 0.497 e. The Bertz CT molecular complexity index is 3670. The van der Waals surface area contributed by atoms with E-state index in [1.807, 2.05) is 71.3 Å². The van der Waals surface area contributed by atoms with Crippen molar-refractivity contribution in [3.63, 3.8) is 0 Å². The Balaban J connectivity index is 0.00000202. The summed E-state index contributed by atoms with van der Waals surface area (Å²) in [6.45, 7) is 12.5. The van der Waals surface area contributed by atoms with E-state index >= 15 is 0 Å². The van der Waals surface area contributed by atoms with Gasteiger partial charge in [0.05, 0.1) is 20.2 Å². The Morgan fingerprint density at radius 2 is 1.32 bits per heavy atom. The number of hydrogen-bond acceptors (Lipinski definition) is 11. The molecule has 1 spiro atoms. The molecule has 21 heteroatoms. The van der Waals surface area contributed by atoms with Crippen LogP contribution in [0.2, 0.25) is 0 Å². The maximum absolute atomic E-state index is 13.8. The maximum Gasteiger partial charge on any atom is 0.295 e. The molecule has 6 aromatic rings. The van der Waals surface area contributed by atoms with Crippen molar-refractivity contribution in [3.8, 4) is 5.75 Å². The minimum absolute atomic E-state index is 0. The molecular weight excluding hydrogens is 2240 g/mol. The molecule has 3 fully saturated rings. The standard InChI is InChI=1S/C66H68N4O4S7.6W/c1-44-21-25-49-56(48-15-5-6-18-52(48)63(58(49)39-44)78-64(75)69-33-29-67(30-34-69)27-11-13-37-76-3)42-54-45-22-23-46(40-45)55(62(54)53-26-24-47(74-2)41-61(53)81(71,72)73)43-57-50-16-7-9-19-59(50)66(60-20-10-8-17-51(57)60)79-65(80-66)70-35-31-68(32-36-70)28-12-14-38-77-4;;;;;;/h5,7-8,15-26,39,41-43,45-46H,11-14,27-38,40H2,1-4H3,(H,71,72,73);;;;;;/q-2;;;;;;/t45-,46+;;;;;;/m0....../s1. The fraction of sp³-hybridized carbons (Fsp3) is 0.364. The van der Waals surface area contributed by atoms with Crippen molar-refractivity contribution in [2.45, 2.75) is 52.9 Å². The second-order valence-electron chi connectivity index (χ2n) is 21.9. The zero-order chi connectivity index (χ0) is 55.8. The molecule has 6 aromatic carbocycles. The summed E-state index contributed by atoms with van der Waals surface area (Å²) in [4.78, 5) is 8.52. The van der Waals surface area contributed by atoms with Gasteiger partial charge in [-0.2, -0.15) is 105 Å². The number of hydrogen-bond donors (Lipinski definition) is 1. The molecule has 0 saturated carbocycles. The number of ether oxygens (including phenoxy) is 1. The van der Waals surface area contributed by atoms with Gasteiger partial charge in [-0.3, -0.25) is 14.4 Å². The van der Waals surface area contributed by atoms with Gasteiger partial charge < -0.3 is 9.64 Å². The fourth-order valence-corrected chi connectivity index (χ4v) is 19.2. The third-order valence-electron chi connectivity index (χ3n) is 17.0. The Labute approximate surface area is 628 Å². The van der Waals surface area contributed by atoms with Crippen LogP contribution in [0.1, 0.15) is 71.0 Å². The van der Waals surface area contributed by atoms with E-state index in [0.717, 1.165) is 141 Å². The molecule has 3 aliphatic heterocycles. The van der Waals surface area contributed by atoms with Crippen LogP contribution in [0.25, 0.3) is 38.8 Å². The number of thiocarbonyl (C=S) groups is 1. The molecular formula is C66H68N4O4S7W6-2. The van der Waals surface area contributed by atoms with E-state index in [1.54, 1.807) is 17.8 Å². The second kappa shape index (κ2) is 34.0. The van der Waals surface area contributed by atoms with Crippen molar-refractivity contribution in [2.24, 2.45) is 11.8 Å². The van der Waals surface area contributed by atoms with Gasteiger partial charge >= 0.3 is 0 Å². The zero-order valence-corrected chi connectivity index (χ0v) is 72.2.